The van der Waals surface area contributed by atoms with Crippen LogP contribution in [0.1, 0.15) is 0 Å². The molecule has 2 amide bonds. The quantitative estimate of drug-likeness (QED) is 0.415. The smallest absolute Gasteiger partial charge is 0.404 e. The number of carboxylic acid groups (broad SMARTS) is 1. The molecule has 0 spiro atoms. The molecule has 0 saturated heterocycles. The zero-order valence-corrected chi connectivity index (χ0v) is 9.97. The van der Waals surface area contributed by atoms with E-state index in [2.05, 4.69) is 10.2 Å². The highest BCUT2D eigenvalue weighted by atomic mass is 16.7. The second kappa shape index (κ2) is 9.82. The van der Waals surface area contributed by atoms with Crippen LogP contribution in [0, 0.1) is 0 Å². The van der Waals surface area contributed by atoms with Gasteiger partial charge in [-0.05, 0) is 0 Å². The topological polar surface area (TPSA) is 97.3 Å². The molecule has 0 aromatic carbocycles. The summed E-state index contributed by atoms with van der Waals surface area (Å²) in [5, 5.41) is 11.5. The van der Waals surface area contributed by atoms with Crippen molar-refractivity contribution in [2.45, 2.75) is 0 Å². The monoisotopic (exact) mass is 250 g/mol. The highest BCUT2D eigenvalue weighted by Crippen LogP contribution is 1.86. The van der Waals surface area contributed by atoms with Crippen LogP contribution in [-0.4, -0.2) is 69.3 Å². The van der Waals surface area contributed by atoms with Crippen LogP contribution in [0.5, 0.6) is 0 Å². The number of nitrogens with one attached hydrogen (secondary N) is 1. The van der Waals surface area contributed by atoms with Crippen molar-refractivity contribution < 1.29 is 29.0 Å². The lowest BCUT2D eigenvalue weighted by atomic mass is 10.6. The van der Waals surface area contributed by atoms with Crippen LogP contribution < -0.4 is 5.32 Å². The van der Waals surface area contributed by atoms with Gasteiger partial charge in [-0.1, -0.05) is 0 Å². The van der Waals surface area contributed by atoms with Gasteiger partial charge >= 0.3 is 6.09 Å². The average Bonchev–Trinajstić information content (AvgIpc) is 2.30. The minimum Gasteiger partial charge on any atom is -0.465 e. The summed E-state index contributed by atoms with van der Waals surface area (Å²) >= 11 is 0. The molecule has 0 unspecified atom stereocenters. The van der Waals surface area contributed by atoms with Crippen molar-refractivity contribution in [3.8, 4) is 0 Å². The van der Waals surface area contributed by atoms with Gasteiger partial charge in [-0.3, -0.25) is 9.63 Å². The molecular weight excluding hydrogens is 232 g/mol. The Morgan fingerprint density at radius 2 is 1.88 bits per heavy atom. The standard InChI is InChI=1S/C9H18N2O6/c1-11(15-2)8(12)7-17-6-5-16-4-3-10-9(13)14/h10H,3-7H2,1-2H3,(H,13,14). The zero-order valence-electron chi connectivity index (χ0n) is 9.97. The Hall–Kier alpha value is -1.38. The average molecular weight is 250 g/mol. The number of amides is 2. The largest absolute Gasteiger partial charge is 0.465 e. The van der Waals surface area contributed by atoms with Gasteiger partial charge in [-0.25, -0.2) is 9.86 Å². The number of carbonyl (C=O) groups excluding carboxylic acids is 1. The fourth-order valence-electron chi connectivity index (χ4n) is 0.802. The van der Waals surface area contributed by atoms with Crippen LogP contribution in [0.15, 0.2) is 0 Å². The first-order chi connectivity index (χ1) is 8.07. The van der Waals surface area contributed by atoms with E-state index in [4.69, 9.17) is 14.6 Å². The van der Waals surface area contributed by atoms with Crippen LogP contribution in [0.4, 0.5) is 4.79 Å². The van der Waals surface area contributed by atoms with Gasteiger partial charge in [0.15, 0.2) is 0 Å². The van der Waals surface area contributed by atoms with E-state index in [1.165, 1.54) is 14.2 Å². The minimum absolute atomic E-state index is 0.0823. The molecule has 0 aliphatic heterocycles. The first kappa shape index (κ1) is 15.6. The van der Waals surface area contributed by atoms with Crippen molar-refractivity contribution in [1.82, 2.24) is 10.4 Å². The molecule has 0 aliphatic carbocycles. The molecular formula is C9H18N2O6. The number of likely N-dealkylation sites (N-methyl/N-ethyl adjacent to an activating group) is 1. The second-order valence-corrected chi connectivity index (χ2v) is 2.97. The third-order valence-corrected chi connectivity index (χ3v) is 1.75. The summed E-state index contributed by atoms with van der Waals surface area (Å²) in [6, 6.07) is 0. The molecule has 8 heteroatoms. The molecule has 100 valence electrons. The van der Waals surface area contributed by atoms with E-state index in [0.717, 1.165) is 5.06 Å². The first-order valence-electron chi connectivity index (χ1n) is 5.01. The van der Waals surface area contributed by atoms with Gasteiger partial charge in [-0.2, -0.15) is 0 Å². The SMILES string of the molecule is CON(C)C(=O)COCCOCCNC(=O)O. The van der Waals surface area contributed by atoms with E-state index in [1.807, 2.05) is 0 Å². The Morgan fingerprint density at radius 1 is 1.24 bits per heavy atom. The van der Waals surface area contributed by atoms with Gasteiger partial charge in [-0.15, -0.1) is 0 Å². The van der Waals surface area contributed by atoms with Crippen LogP contribution in [0.25, 0.3) is 0 Å². The summed E-state index contributed by atoms with van der Waals surface area (Å²) in [6.45, 7) is 0.963. The Labute approximate surface area is 99.4 Å². The summed E-state index contributed by atoms with van der Waals surface area (Å²) < 4.78 is 10.1. The van der Waals surface area contributed by atoms with Crippen molar-refractivity contribution in [2.75, 3.05) is 47.1 Å². The number of carbonyl (C=O) groups is 2. The van der Waals surface area contributed by atoms with Crippen molar-refractivity contribution in [3.63, 3.8) is 0 Å². The van der Waals surface area contributed by atoms with Crippen molar-refractivity contribution >= 4 is 12.0 Å². The number of nitrogens with zero attached hydrogens (tertiary/aromatic N) is 1. The summed E-state index contributed by atoms with van der Waals surface area (Å²) in [6.07, 6.45) is -1.09. The number of hydroxylamine groups is 2. The van der Waals surface area contributed by atoms with E-state index in [1.54, 1.807) is 0 Å². The summed E-state index contributed by atoms with van der Waals surface area (Å²) in [5.41, 5.74) is 0. The molecule has 2 N–H and O–H groups in total. The van der Waals surface area contributed by atoms with Gasteiger partial charge in [0.05, 0.1) is 26.9 Å². The molecule has 0 aromatic heterocycles. The molecule has 0 rings (SSSR count). The molecule has 0 aliphatic rings. The van der Waals surface area contributed by atoms with Crippen molar-refractivity contribution in [2.24, 2.45) is 0 Å². The van der Waals surface area contributed by atoms with Crippen LogP contribution in [0.2, 0.25) is 0 Å². The molecule has 0 saturated carbocycles. The van der Waals surface area contributed by atoms with Crippen LogP contribution >= 0.6 is 0 Å². The third kappa shape index (κ3) is 9.54. The number of hydrogen-bond donors (Lipinski definition) is 2. The summed E-state index contributed by atoms with van der Waals surface area (Å²) in [7, 11) is 2.87. The number of rotatable bonds is 9. The van der Waals surface area contributed by atoms with E-state index < -0.39 is 6.09 Å². The van der Waals surface area contributed by atoms with E-state index in [0.29, 0.717) is 6.61 Å². The maximum absolute atomic E-state index is 11.1. The molecule has 0 atom stereocenters. The predicted octanol–water partition coefficient (Wildman–Crippen LogP) is -0.693. The molecule has 17 heavy (non-hydrogen) atoms. The molecule has 0 bridgehead atoms. The van der Waals surface area contributed by atoms with Crippen molar-refractivity contribution in [3.05, 3.63) is 0 Å². The Morgan fingerprint density at radius 3 is 2.47 bits per heavy atom. The van der Waals surface area contributed by atoms with Gasteiger partial charge in [0.1, 0.15) is 6.61 Å². The van der Waals surface area contributed by atoms with E-state index >= 15 is 0 Å². The molecule has 0 heterocycles. The van der Waals surface area contributed by atoms with Crippen LogP contribution in [0.3, 0.4) is 0 Å². The molecule has 0 fully saturated rings. The van der Waals surface area contributed by atoms with Gasteiger partial charge in [0.2, 0.25) is 0 Å². The lowest BCUT2D eigenvalue weighted by Crippen LogP contribution is -2.30. The fourth-order valence-corrected chi connectivity index (χ4v) is 0.802. The molecule has 0 aromatic rings. The maximum Gasteiger partial charge on any atom is 0.404 e. The number of hydrogen-bond acceptors (Lipinski definition) is 5. The van der Waals surface area contributed by atoms with E-state index in [-0.39, 0.29) is 32.3 Å². The normalized spacial score (nSPS) is 10.0. The second-order valence-electron chi connectivity index (χ2n) is 2.97. The maximum atomic E-state index is 11.1. The summed E-state index contributed by atoms with van der Waals surface area (Å²) in [4.78, 5) is 25.9. The van der Waals surface area contributed by atoms with E-state index in [9.17, 15) is 9.59 Å². The molecule has 0 radical (unpaired) electrons. The van der Waals surface area contributed by atoms with Crippen LogP contribution in [-0.2, 0) is 19.1 Å². The zero-order chi connectivity index (χ0) is 13.1. The fraction of sp³-hybridized carbons (Fsp3) is 0.778. The van der Waals surface area contributed by atoms with Crippen molar-refractivity contribution in [1.29, 1.82) is 0 Å². The highest BCUT2D eigenvalue weighted by Gasteiger charge is 2.06. The Bertz CT molecular complexity index is 236. The predicted molar refractivity (Wildman–Crippen MR) is 57.4 cm³/mol. The highest BCUT2D eigenvalue weighted by molar-refractivity contribution is 5.75. The van der Waals surface area contributed by atoms with Gasteiger partial charge < -0.3 is 19.9 Å². The Balaban J connectivity index is 3.24. The van der Waals surface area contributed by atoms with Gasteiger partial charge in [0.25, 0.3) is 5.91 Å². The molecule has 8 nitrogen and oxygen atoms in total. The third-order valence-electron chi connectivity index (χ3n) is 1.75. The van der Waals surface area contributed by atoms with Gasteiger partial charge in [0, 0.05) is 13.6 Å². The Kier molecular flexibility index (Phi) is 9.02. The lowest BCUT2D eigenvalue weighted by molar-refractivity contribution is -0.173. The first-order valence-corrected chi connectivity index (χ1v) is 5.01. The summed E-state index contributed by atoms with van der Waals surface area (Å²) in [5.74, 6) is -0.292. The number of ether oxygens (including phenoxy) is 2. The lowest BCUT2D eigenvalue weighted by Gasteiger charge is -2.13. The minimum atomic E-state index is -1.09.